The molecule has 2 aromatic heterocycles. The highest BCUT2D eigenvalue weighted by Gasteiger charge is 2.09. The Morgan fingerprint density at radius 3 is 2.90 bits per heavy atom. The summed E-state index contributed by atoms with van der Waals surface area (Å²) < 4.78 is 1.97. The molecule has 2 rings (SSSR count). The largest absolute Gasteiger partial charge is 0.338 e. The zero-order chi connectivity index (χ0) is 14.5. The third kappa shape index (κ3) is 3.84. The Hall–Kier alpha value is -2.31. The van der Waals surface area contributed by atoms with Crippen LogP contribution in [0.15, 0.2) is 18.5 Å². The lowest BCUT2D eigenvalue weighted by Crippen LogP contribution is -2.33. The molecule has 1 unspecified atom stereocenters. The van der Waals surface area contributed by atoms with E-state index in [9.17, 15) is 4.79 Å². The Morgan fingerprint density at radius 2 is 2.30 bits per heavy atom. The van der Waals surface area contributed by atoms with E-state index in [1.807, 2.05) is 24.6 Å². The molecule has 2 heterocycles. The molecule has 7 heteroatoms. The van der Waals surface area contributed by atoms with Gasteiger partial charge in [0, 0.05) is 25.0 Å². The highest BCUT2D eigenvalue weighted by atomic mass is 16.2. The zero-order valence-electron chi connectivity index (χ0n) is 12.0. The van der Waals surface area contributed by atoms with Gasteiger partial charge in [0.05, 0.1) is 17.6 Å². The number of H-pyrrole nitrogens is 1. The van der Waals surface area contributed by atoms with Crippen molar-refractivity contribution < 1.29 is 4.79 Å². The van der Waals surface area contributed by atoms with Gasteiger partial charge in [-0.1, -0.05) is 6.92 Å². The van der Waals surface area contributed by atoms with Gasteiger partial charge in [-0.05, 0) is 25.8 Å². The summed E-state index contributed by atoms with van der Waals surface area (Å²) >= 11 is 0. The van der Waals surface area contributed by atoms with Crippen molar-refractivity contribution in [3.8, 4) is 0 Å². The predicted octanol–water partition coefficient (Wildman–Crippen LogP) is 1.68. The van der Waals surface area contributed by atoms with Crippen LogP contribution in [0.5, 0.6) is 0 Å². The molecule has 0 saturated carbocycles. The van der Waals surface area contributed by atoms with Gasteiger partial charge in [0.25, 0.3) is 0 Å². The van der Waals surface area contributed by atoms with E-state index >= 15 is 0 Å². The molecule has 1 atom stereocenters. The van der Waals surface area contributed by atoms with Crippen molar-refractivity contribution in [1.29, 1.82) is 0 Å². The molecule has 2 aromatic rings. The van der Waals surface area contributed by atoms with E-state index in [1.54, 1.807) is 12.4 Å². The van der Waals surface area contributed by atoms with Crippen LogP contribution in [-0.4, -0.2) is 32.6 Å². The Kier molecular flexibility index (Phi) is 4.39. The van der Waals surface area contributed by atoms with Crippen LogP contribution >= 0.6 is 0 Å². The topological polar surface area (TPSA) is 87.6 Å². The number of urea groups is 1. The van der Waals surface area contributed by atoms with E-state index in [0.717, 1.165) is 17.9 Å². The number of hydrogen-bond donors (Lipinski definition) is 3. The zero-order valence-corrected chi connectivity index (χ0v) is 12.0. The van der Waals surface area contributed by atoms with Crippen LogP contribution < -0.4 is 10.6 Å². The van der Waals surface area contributed by atoms with Crippen LogP contribution in [0.2, 0.25) is 0 Å². The maximum absolute atomic E-state index is 11.7. The first kappa shape index (κ1) is 14.1. The van der Waals surface area contributed by atoms with Crippen molar-refractivity contribution in [3.63, 3.8) is 0 Å². The maximum Gasteiger partial charge on any atom is 0.319 e. The standard InChI is InChI=1S/C13H20N6O/c1-9(8-19-11(3)4-10(2)18-19)5-14-13(20)17-12-6-15-16-7-12/h4,6-7,9H,5,8H2,1-3H3,(H,15,16)(H2,14,17,20). The number of anilines is 1. The molecule has 108 valence electrons. The number of carbonyl (C=O) groups is 1. The molecular formula is C13H20N6O. The minimum atomic E-state index is -0.230. The third-order valence-electron chi connectivity index (χ3n) is 2.96. The second-order valence-electron chi connectivity index (χ2n) is 5.04. The van der Waals surface area contributed by atoms with Crippen LogP contribution in [0.3, 0.4) is 0 Å². The van der Waals surface area contributed by atoms with Gasteiger partial charge in [0.15, 0.2) is 0 Å². The summed E-state index contributed by atoms with van der Waals surface area (Å²) in [6.07, 6.45) is 3.18. The summed E-state index contributed by atoms with van der Waals surface area (Å²) in [5.41, 5.74) is 2.80. The fourth-order valence-electron chi connectivity index (χ4n) is 1.98. The summed E-state index contributed by atoms with van der Waals surface area (Å²) in [6.45, 7) is 7.46. The number of aryl methyl sites for hydroxylation is 2. The lowest BCUT2D eigenvalue weighted by Gasteiger charge is -2.14. The molecule has 0 fully saturated rings. The van der Waals surface area contributed by atoms with Crippen LogP contribution in [0, 0.1) is 19.8 Å². The molecule has 20 heavy (non-hydrogen) atoms. The maximum atomic E-state index is 11.7. The second-order valence-corrected chi connectivity index (χ2v) is 5.04. The van der Waals surface area contributed by atoms with Gasteiger partial charge in [-0.15, -0.1) is 0 Å². The number of hydrogen-bond acceptors (Lipinski definition) is 3. The van der Waals surface area contributed by atoms with Gasteiger partial charge >= 0.3 is 6.03 Å². The quantitative estimate of drug-likeness (QED) is 0.776. The SMILES string of the molecule is Cc1cc(C)n(CC(C)CNC(=O)Nc2cn[nH]c2)n1. The molecule has 0 aliphatic heterocycles. The van der Waals surface area contributed by atoms with Gasteiger partial charge in [-0.2, -0.15) is 10.2 Å². The van der Waals surface area contributed by atoms with E-state index in [4.69, 9.17) is 0 Å². The Labute approximate surface area is 117 Å². The summed E-state index contributed by atoms with van der Waals surface area (Å²) in [5, 5.41) is 16.3. The van der Waals surface area contributed by atoms with Crippen LogP contribution in [0.1, 0.15) is 18.3 Å². The highest BCUT2D eigenvalue weighted by Crippen LogP contribution is 2.06. The summed E-state index contributed by atoms with van der Waals surface area (Å²) in [5.74, 6) is 0.295. The van der Waals surface area contributed by atoms with Crippen molar-refractivity contribution >= 4 is 11.7 Å². The van der Waals surface area contributed by atoms with Gasteiger partial charge in [0.2, 0.25) is 0 Å². The Morgan fingerprint density at radius 1 is 1.50 bits per heavy atom. The third-order valence-corrected chi connectivity index (χ3v) is 2.96. The number of rotatable bonds is 5. The molecule has 0 saturated heterocycles. The van der Waals surface area contributed by atoms with E-state index in [0.29, 0.717) is 18.2 Å². The molecule has 0 radical (unpaired) electrons. The molecule has 2 amide bonds. The fraction of sp³-hybridized carbons (Fsp3) is 0.462. The van der Waals surface area contributed by atoms with Gasteiger partial charge in [-0.3, -0.25) is 9.78 Å². The molecule has 3 N–H and O–H groups in total. The monoisotopic (exact) mass is 276 g/mol. The molecular weight excluding hydrogens is 256 g/mol. The summed E-state index contributed by atoms with van der Waals surface area (Å²) in [7, 11) is 0. The molecule has 0 aromatic carbocycles. The number of aromatic nitrogens is 4. The van der Waals surface area contributed by atoms with Gasteiger partial charge in [-0.25, -0.2) is 4.79 Å². The molecule has 0 bridgehead atoms. The Bertz CT molecular complexity index is 559. The second kappa shape index (κ2) is 6.23. The van der Waals surface area contributed by atoms with E-state index in [2.05, 4.69) is 32.9 Å². The van der Waals surface area contributed by atoms with Crippen molar-refractivity contribution in [3.05, 3.63) is 29.8 Å². The summed E-state index contributed by atoms with van der Waals surface area (Å²) in [6, 6.07) is 1.82. The van der Waals surface area contributed by atoms with E-state index < -0.39 is 0 Å². The normalized spacial score (nSPS) is 12.2. The van der Waals surface area contributed by atoms with Crippen molar-refractivity contribution in [2.45, 2.75) is 27.3 Å². The first-order valence-electron chi connectivity index (χ1n) is 6.59. The number of carbonyl (C=O) groups excluding carboxylic acids is 1. The highest BCUT2D eigenvalue weighted by molar-refractivity contribution is 5.88. The van der Waals surface area contributed by atoms with Gasteiger partial charge in [0.1, 0.15) is 0 Å². The smallest absolute Gasteiger partial charge is 0.319 e. The van der Waals surface area contributed by atoms with Crippen molar-refractivity contribution in [2.24, 2.45) is 5.92 Å². The average Bonchev–Trinajstić information content (AvgIpc) is 2.98. The first-order valence-corrected chi connectivity index (χ1v) is 6.59. The van der Waals surface area contributed by atoms with Gasteiger partial charge < -0.3 is 10.6 Å². The predicted molar refractivity (Wildman–Crippen MR) is 76.5 cm³/mol. The average molecular weight is 276 g/mol. The number of amides is 2. The summed E-state index contributed by atoms with van der Waals surface area (Å²) in [4.78, 5) is 11.7. The molecule has 0 aliphatic rings. The molecule has 0 spiro atoms. The van der Waals surface area contributed by atoms with Crippen LogP contribution in [0.25, 0.3) is 0 Å². The first-order chi connectivity index (χ1) is 9.54. The van der Waals surface area contributed by atoms with Crippen LogP contribution in [-0.2, 0) is 6.54 Å². The number of nitrogens with one attached hydrogen (secondary N) is 3. The molecule has 0 aliphatic carbocycles. The van der Waals surface area contributed by atoms with Crippen molar-refractivity contribution in [1.82, 2.24) is 25.3 Å². The van der Waals surface area contributed by atoms with E-state index in [-0.39, 0.29) is 6.03 Å². The van der Waals surface area contributed by atoms with Crippen molar-refractivity contribution in [2.75, 3.05) is 11.9 Å². The Balaban J connectivity index is 1.76. The molecule has 7 nitrogen and oxygen atoms in total. The fourth-order valence-corrected chi connectivity index (χ4v) is 1.98. The van der Waals surface area contributed by atoms with Crippen LogP contribution in [0.4, 0.5) is 10.5 Å². The lowest BCUT2D eigenvalue weighted by atomic mass is 10.2. The minimum absolute atomic E-state index is 0.230. The lowest BCUT2D eigenvalue weighted by molar-refractivity contribution is 0.249. The number of nitrogens with zero attached hydrogens (tertiary/aromatic N) is 3. The minimum Gasteiger partial charge on any atom is -0.338 e. The number of aromatic amines is 1. The van der Waals surface area contributed by atoms with E-state index in [1.165, 1.54) is 0 Å².